The lowest BCUT2D eigenvalue weighted by Crippen LogP contribution is -2.08. The molecule has 0 heterocycles. The number of hydrogen-bond donors (Lipinski definition) is 0. The van der Waals surface area contributed by atoms with Gasteiger partial charge in [-0.2, -0.15) is 26.3 Å². The summed E-state index contributed by atoms with van der Waals surface area (Å²) in [6.45, 7) is 3.83. The van der Waals surface area contributed by atoms with E-state index in [2.05, 4.69) is 31.9 Å². The number of hydrogen-bond acceptors (Lipinski definition) is 3. The smallest absolute Gasteiger partial charge is 0.222 e. The molecule has 0 fully saturated rings. The molecular weight excluding hydrogens is 713 g/mol. The number of rotatable bonds is 8. The van der Waals surface area contributed by atoms with Crippen molar-refractivity contribution in [3.8, 4) is 33.8 Å². The first-order valence-electron chi connectivity index (χ1n) is 12.5. The van der Waals surface area contributed by atoms with Crippen LogP contribution in [0.4, 0.5) is 26.3 Å². The largest absolute Gasteiger partial charge is 0.805 e. The highest BCUT2D eigenvalue weighted by atomic mass is 79.9. The average molecular weight is 735 g/mol. The lowest BCUT2D eigenvalue weighted by atomic mass is 9.97. The lowest BCUT2D eigenvalue weighted by molar-refractivity contribution is -0.138. The van der Waals surface area contributed by atoms with Gasteiger partial charge in [-0.3, -0.25) is 0 Å². The summed E-state index contributed by atoms with van der Waals surface area (Å²) in [6.07, 6.45) is -8.18. The number of alkyl halides is 6. The van der Waals surface area contributed by atoms with Crippen LogP contribution in [0.25, 0.3) is 22.3 Å². The second kappa shape index (κ2) is 12.8. The minimum absolute atomic E-state index is 0.135. The summed E-state index contributed by atoms with van der Waals surface area (Å²) >= 11 is 6.65. The zero-order valence-corrected chi connectivity index (χ0v) is 26.1. The third-order valence-electron chi connectivity index (χ3n) is 6.42. The van der Waals surface area contributed by atoms with Crippen LogP contribution in [0, 0.1) is 0 Å². The first-order chi connectivity index (χ1) is 19.7. The number of benzene rings is 4. The van der Waals surface area contributed by atoms with Crippen molar-refractivity contribution in [3.05, 3.63) is 104 Å². The van der Waals surface area contributed by atoms with E-state index in [1.165, 1.54) is 24.3 Å². The molecule has 42 heavy (non-hydrogen) atoms. The molecule has 3 nitrogen and oxygen atoms in total. The lowest BCUT2D eigenvalue weighted by Gasteiger charge is -2.15. The van der Waals surface area contributed by atoms with Crippen LogP contribution in [0.3, 0.4) is 0 Å². The molecule has 0 aromatic heterocycles. The van der Waals surface area contributed by atoms with E-state index < -0.39 is 43.2 Å². The molecule has 0 aliphatic rings. The van der Waals surface area contributed by atoms with Crippen molar-refractivity contribution in [3.63, 3.8) is 0 Å². The predicted molar refractivity (Wildman–Crippen MR) is 157 cm³/mol. The van der Waals surface area contributed by atoms with Gasteiger partial charge < -0.3 is 0 Å². The third kappa shape index (κ3) is 7.36. The molecule has 0 spiro atoms. The number of halogens is 8. The maximum atomic E-state index is 14.0. The van der Waals surface area contributed by atoms with Gasteiger partial charge in [0.05, 0.1) is 11.1 Å². The van der Waals surface area contributed by atoms with Crippen LogP contribution < -0.4 is 9.05 Å². The summed E-state index contributed by atoms with van der Waals surface area (Å²) in [6, 6.07) is 16.1. The van der Waals surface area contributed by atoms with Gasteiger partial charge >= 0.3 is 20.6 Å². The highest BCUT2D eigenvalue weighted by Crippen LogP contribution is 2.45. The molecule has 12 heteroatoms. The fourth-order valence-corrected chi connectivity index (χ4v) is 6.17. The van der Waals surface area contributed by atoms with Crippen LogP contribution >= 0.6 is 40.1 Å². The van der Waals surface area contributed by atoms with Crippen LogP contribution in [-0.4, -0.2) is 0 Å². The molecule has 0 aliphatic heterocycles. The van der Waals surface area contributed by atoms with Crippen molar-refractivity contribution in [1.82, 2.24) is 0 Å². The van der Waals surface area contributed by atoms with E-state index in [1.807, 2.05) is 13.8 Å². The summed E-state index contributed by atoms with van der Waals surface area (Å²) in [5.74, 6) is -0.859. The Labute approximate surface area is 256 Å². The summed E-state index contributed by atoms with van der Waals surface area (Å²) in [5, 5.41) is 0. The zero-order chi connectivity index (χ0) is 30.8. The molecule has 4 aromatic carbocycles. The Balaban J connectivity index is 1.61. The van der Waals surface area contributed by atoms with E-state index in [4.69, 9.17) is 9.05 Å². The van der Waals surface area contributed by atoms with Crippen molar-refractivity contribution in [2.75, 3.05) is 0 Å². The van der Waals surface area contributed by atoms with E-state index in [1.54, 1.807) is 36.4 Å². The Morgan fingerprint density at radius 3 is 1.26 bits per heavy atom. The van der Waals surface area contributed by atoms with E-state index in [-0.39, 0.29) is 11.1 Å². The van der Waals surface area contributed by atoms with Gasteiger partial charge in [0, 0.05) is 13.5 Å². The molecule has 0 saturated carbocycles. The minimum atomic E-state index is -4.79. The summed E-state index contributed by atoms with van der Waals surface area (Å²) in [7, 11) is -3.19. The first kappa shape index (κ1) is 32.0. The van der Waals surface area contributed by atoms with Crippen molar-refractivity contribution in [2.45, 2.75) is 39.0 Å². The fraction of sp³-hybridized carbons (Fsp3) is 0.200. The van der Waals surface area contributed by atoms with Crippen molar-refractivity contribution in [2.24, 2.45) is 0 Å². The van der Waals surface area contributed by atoms with Crippen LogP contribution in [0.1, 0.15) is 36.1 Å². The third-order valence-corrected chi connectivity index (χ3v) is 8.45. The maximum absolute atomic E-state index is 14.0. The van der Waals surface area contributed by atoms with E-state index in [9.17, 15) is 30.9 Å². The SMILES string of the molecule is CCc1ccc(-c2ccc(O[P+](=O)Oc3ccc(-c4ccc(CC)cc4Br)c(C(F)(F)F)c3)cc2C(F)(F)F)c(Br)c1. The predicted octanol–water partition coefficient (Wildman–Crippen LogP) is 11.8. The van der Waals surface area contributed by atoms with Gasteiger partial charge in [-0.1, -0.05) is 70.0 Å². The zero-order valence-electron chi connectivity index (χ0n) is 22.0. The van der Waals surface area contributed by atoms with Crippen LogP contribution in [0.5, 0.6) is 11.5 Å². The monoisotopic (exact) mass is 733 g/mol. The second-order valence-corrected chi connectivity index (χ2v) is 11.7. The van der Waals surface area contributed by atoms with Gasteiger partial charge in [-0.15, -0.1) is 0 Å². The molecule has 4 rings (SSSR count). The minimum Gasteiger partial charge on any atom is -0.222 e. The van der Waals surface area contributed by atoms with Gasteiger partial charge in [-0.05, 0) is 94.8 Å². The van der Waals surface area contributed by atoms with Gasteiger partial charge in [0.2, 0.25) is 0 Å². The van der Waals surface area contributed by atoms with E-state index in [0.29, 0.717) is 45.0 Å². The Bertz CT molecular complexity index is 1520. The van der Waals surface area contributed by atoms with Gasteiger partial charge in [0.25, 0.3) is 0 Å². The normalized spacial score (nSPS) is 11.9. The molecule has 0 saturated heterocycles. The highest BCUT2D eigenvalue weighted by molar-refractivity contribution is 9.11. The molecule has 0 radical (unpaired) electrons. The topological polar surface area (TPSA) is 35.5 Å². The van der Waals surface area contributed by atoms with Crippen molar-refractivity contribution < 1.29 is 40.0 Å². The van der Waals surface area contributed by atoms with Crippen molar-refractivity contribution in [1.29, 1.82) is 0 Å². The van der Waals surface area contributed by atoms with Crippen LogP contribution in [0.2, 0.25) is 0 Å². The average Bonchev–Trinajstić information content (AvgIpc) is 2.92. The van der Waals surface area contributed by atoms with Gasteiger partial charge in [-0.25, -0.2) is 9.05 Å². The Morgan fingerprint density at radius 2 is 0.952 bits per heavy atom. The van der Waals surface area contributed by atoms with Gasteiger partial charge in [0.15, 0.2) is 11.5 Å². The summed E-state index contributed by atoms with van der Waals surface area (Å²) in [4.78, 5) is 0. The standard InChI is InChI=1S/C30H22Br2F6O3P/c1-3-17-5-9-23(27(31)13-17)21-11-7-19(15-25(21)29(33,34)35)40-42(39)41-20-8-12-22(26(16-20)30(36,37)38)24-10-6-18(4-2)14-28(24)32/h5-16H,3-4H2,1-2H3/q+1. The second-order valence-electron chi connectivity index (χ2n) is 9.15. The first-order valence-corrected chi connectivity index (χ1v) is 15.2. The van der Waals surface area contributed by atoms with Crippen LogP contribution in [0.15, 0.2) is 81.7 Å². The molecule has 4 aromatic rings. The molecular formula is C30H22Br2F6O3P+. The van der Waals surface area contributed by atoms with E-state index >= 15 is 0 Å². The van der Waals surface area contributed by atoms with Crippen LogP contribution in [-0.2, 0) is 29.8 Å². The molecule has 0 atom stereocenters. The Kier molecular flexibility index (Phi) is 9.75. The molecule has 0 N–H and O–H groups in total. The molecule has 0 unspecified atom stereocenters. The molecule has 0 bridgehead atoms. The maximum Gasteiger partial charge on any atom is 0.805 e. The summed E-state index contributed by atoms with van der Waals surface area (Å²) in [5.41, 5.74) is 0.0838. The highest BCUT2D eigenvalue weighted by Gasteiger charge is 2.38. The Hall–Kier alpha value is -2.88. The molecule has 220 valence electrons. The fourth-order valence-electron chi connectivity index (χ4n) is 4.28. The quantitative estimate of drug-likeness (QED) is 0.134. The molecule has 0 amide bonds. The van der Waals surface area contributed by atoms with Crippen molar-refractivity contribution >= 4 is 40.1 Å². The molecule has 0 aliphatic carbocycles. The Morgan fingerprint density at radius 1 is 0.595 bits per heavy atom. The van der Waals surface area contributed by atoms with E-state index in [0.717, 1.165) is 11.1 Å². The number of aryl methyl sites for hydroxylation is 2. The van der Waals surface area contributed by atoms with Gasteiger partial charge in [0.1, 0.15) is 0 Å². The summed E-state index contributed by atoms with van der Waals surface area (Å²) < 4.78 is 108.